The number of Topliss-reactive ketones (excluding diaryl/α,β-unsaturated/α-hetero) is 1. The summed E-state index contributed by atoms with van der Waals surface area (Å²) in [5.74, 6) is -5.86. The molecule has 1 saturated carbocycles. The Hall–Kier alpha value is -4.64. The van der Waals surface area contributed by atoms with Crippen molar-refractivity contribution in [1.29, 1.82) is 0 Å². The molecule has 4 atom stereocenters. The van der Waals surface area contributed by atoms with E-state index in [0.29, 0.717) is 24.3 Å². The number of ketones is 1. The third-order valence-corrected chi connectivity index (χ3v) is 14.4. The van der Waals surface area contributed by atoms with Gasteiger partial charge in [0.25, 0.3) is 5.79 Å². The molecule has 0 radical (unpaired) electrons. The Morgan fingerprint density at radius 2 is 1.63 bits per heavy atom. The van der Waals surface area contributed by atoms with Crippen molar-refractivity contribution in [3.8, 4) is 0 Å². The number of carbonyl (C=O) groups excluding carboxylic acids is 8. The lowest BCUT2D eigenvalue weighted by molar-refractivity contribution is -0.218. The maximum atomic E-state index is 14.0. The topological polar surface area (TPSA) is 290 Å². The van der Waals surface area contributed by atoms with Crippen LogP contribution in [0, 0.1) is 0 Å². The Kier molecular flexibility index (Phi) is 20.0. The molecule has 1 fully saturated rings. The van der Waals surface area contributed by atoms with E-state index in [1.807, 2.05) is 0 Å². The molecule has 8 N–H and O–H groups in total. The van der Waals surface area contributed by atoms with Gasteiger partial charge in [0.1, 0.15) is 33.2 Å². The normalized spacial score (nSPS) is 21.0. The van der Waals surface area contributed by atoms with Crippen LogP contribution in [0.5, 0.6) is 0 Å². The maximum absolute atomic E-state index is 14.0. The standard InChI is InChI=1S/C45H65N9O10S3/c1-4-5-6-7-8-9-10-11-12-13-14-15-35(58)50-30(22-34(46)57)40(61)49-28(2)16-17-44-24-37(60)53-43(18-19-43)33(56)23-36(59)48-25-38-52-32(27-66-38)45(63,64-44)39(54-44)41-51-31(26-67-41)42(62)65-21-20-47-29(3)55/h26-28,30,63H,4-25H2,1-3H3,(H2,46,57)(H,47,55)(H,48,59)(H,49,61)(H,50,58)(H,53,60)/t28-,30+,44?,45?/m0/s1. The van der Waals surface area contributed by atoms with E-state index in [4.69, 9.17) is 15.5 Å². The van der Waals surface area contributed by atoms with Gasteiger partial charge < -0.3 is 42.2 Å². The van der Waals surface area contributed by atoms with Crippen molar-refractivity contribution in [2.45, 2.75) is 178 Å². The number of amides is 6. The van der Waals surface area contributed by atoms with Crippen molar-refractivity contribution >= 4 is 86.5 Å². The van der Waals surface area contributed by atoms with Gasteiger partial charge in [-0.1, -0.05) is 82.9 Å². The quantitative estimate of drug-likeness (QED) is 0.0549. The van der Waals surface area contributed by atoms with E-state index < -0.39 is 82.9 Å². The first-order valence-electron chi connectivity index (χ1n) is 23.3. The molecule has 2 aliphatic heterocycles. The van der Waals surface area contributed by atoms with Crippen molar-refractivity contribution in [1.82, 2.24) is 36.6 Å². The first kappa shape index (κ1) is 53.3. The van der Waals surface area contributed by atoms with E-state index in [1.54, 1.807) is 6.92 Å². The zero-order valence-corrected chi connectivity index (χ0v) is 41.1. The summed E-state index contributed by atoms with van der Waals surface area (Å²) in [4.78, 5) is 117. The Morgan fingerprint density at radius 3 is 2.28 bits per heavy atom. The van der Waals surface area contributed by atoms with Crippen LogP contribution < -0.4 is 32.3 Å². The molecular formula is C45H65N9O10S3. The molecule has 2 aromatic rings. The number of aromatic nitrogens is 2. The molecule has 2 aromatic heterocycles. The minimum absolute atomic E-state index is 0.0281. The number of carbonyl (C=O) groups is 8. The molecule has 4 bridgehead atoms. The lowest BCUT2D eigenvalue weighted by atomic mass is 9.99. The van der Waals surface area contributed by atoms with Crippen LogP contribution in [0.4, 0.5) is 0 Å². The molecule has 3 aliphatic rings. The molecule has 5 rings (SSSR count). The number of nitrogens with one attached hydrogen (secondary N) is 5. The van der Waals surface area contributed by atoms with Gasteiger partial charge in [-0.15, -0.1) is 22.7 Å². The van der Waals surface area contributed by atoms with E-state index in [0.717, 1.165) is 53.7 Å². The highest BCUT2D eigenvalue weighted by molar-refractivity contribution is 8.14. The fourth-order valence-electron chi connectivity index (χ4n) is 7.93. The number of aliphatic hydroxyl groups is 1. The number of ether oxygens (including phenoxy) is 1. The third-order valence-electron chi connectivity index (χ3n) is 11.8. The second-order valence-electron chi connectivity index (χ2n) is 17.6. The molecular weight excluding hydrogens is 923 g/mol. The van der Waals surface area contributed by atoms with Gasteiger partial charge in [0, 0.05) is 42.4 Å². The highest BCUT2D eigenvalue weighted by Crippen LogP contribution is 2.46. The van der Waals surface area contributed by atoms with Crippen LogP contribution in [-0.2, 0) is 50.6 Å². The second kappa shape index (κ2) is 25.1. The lowest BCUT2D eigenvalue weighted by Crippen LogP contribution is -2.51. The fraction of sp³-hybridized carbons (Fsp3) is 0.667. The molecule has 4 heterocycles. The van der Waals surface area contributed by atoms with E-state index in [9.17, 15) is 43.5 Å². The monoisotopic (exact) mass is 987 g/mol. The minimum Gasteiger partial charge on any atom is -0.370 e. The number of primary amides is 1. The van der Waals surface area contributed by atoms with Gasteiger partial charge in [-0.2, -0.15) is 0 Å². The Labute approximate surface area is 403 Å². The number of thiazole rings is 2. The number of fused-ring (bicyclic) bond motifs is 5. The number of hydrogen-bond donors (Lipinski definition) is 7. The highest BCUT2D eigenvalue weighted by atomic mass is 32.2. The second-order valence-corrected chi connectivity index (χ2v) is 20.5. The zero-order chi connectivity index (χ0) is 48.6. The van der Waals surface area contributed by atoms with Crippen molar-refractivity contribution in [3.63, 3.8) is 0 Å². The van der Waals surface area contributed by atoms with Crippen LogP contribution in [0.15, 0.2) is 15.8 Å². The number of nitrogens with zero attached hydrogens (tertiary/aromatic N) is 3. The molecule has 67 heavy (non-hydrogen) atoms. The van der Waals surface area contributed by atoms with Gasteiger partial charge in [0.15, 0.2) is 11.5 Å². The van der Waals surface area contributed by atoms with Crippen molar-refractivity contribution in [2.24, 2.45) is 10.7 Å². The Bertz CT molecular complexity index is 2140. The number of rotatable bonds is 25. The summed E-state index contributed by atoms with van der Waals surface area (Å²) >= 11 is 3.05. The number of thioether (sulfide) groups is 1. The SMILES string of the molecule is CCCCCCCCCCCCCC(=O)N[C@H](CC(N)=O)C(=O)N[C@@H](C)CCC12CC(=O)NC3(CC3)C(=O)CC(=O)NCc3nc(cs3)C(O)(O1)C(c1nc(C(=O)SCCNC(C)=O)cs1)=N2. The van der Waals surface area contributed by atoms with E-state index in [1.165, 1.54) is 62.6 Å². The van der Waals surface area contributed by atoms with Gasteiger partial charge in [-0.25, -0.2) is 15.0 Å². The molecule has 0 saturated heterocycles. The van der Waals surface area contributed by atoms with Crippen LogP contribution in [0.1, 0.15) is 169 Å². The molecule has 22 heteroatoms. The van der Waals surface area contributed by atoms with Crippen LogP contribution >= 0.6 is 34.4 Å². The Morgan fingerprint density at radius 1 is 0.940 bits per heavy atom. The van der Waals surface area contributed by atoms with Crippen LogP contribution in [0.2, 0.25) is 0 Å². The third kappa shape index (κ3) is 16.0. The molecule has 1 spiro atoms. The molecule has 0 aromatic carbocycles. The number of nitrogens with two attached hydrogens (primary N) is 1. The highest BCUT2D eigenvalue weighted by Gasteiger charge is 2.57. The zero-order valence-electron chi connectivity index (χ0n) is 38.6. The molecule has 6 amide bonds. The first-order chi connectivity index (χ1) is 32.0. The number of aliphatic imine (C=N–C) groups is 1. The van der Waals surface area contributed by atoms with E-state index >= 15 is 0 Å². The van der Waals surface area contributed by atoms with Crippen LogP contribution in [0.25, 0.3) is 0 Å². The van der Waals surface area contributed by atoms with E-state index in [2.05, 4.69) is 43.5 Å². The lowest BCUT2D eigenvalue weighted by Gasteiger charge is -2.31. The minimum atomic E-state index is -2.43. The summed E-state index contributed by atoms with van der Waals surface area (Å²) in [7, 11) is 0. The molecule has 2 unspecified atom stereocenters. The largest absolute Gasteiger partial charge is 0.370 e. The number of unbranched alkanes of at least 4 members (excludes halogenated alkanes) is 10. The van der Waals surface area contributed by atoms with Gasteiger partial charge in [0.05, 0.1) is 31.3 Å². The fourth-order valence-corrected chi connectivity index (χ4v) is 10.2. The summed E-state index contributed by atoms with van der Waals surface area (Å²) in [5.41, 5.74) is 2.26. The number of hydrogen-bond acceptors (Lipinski definition) is 16. The average molecular weight is 988 g/mol. The van der Waals surface area contributed by atoms with Crippen LogP contribution in [-0.4, -0.2) is 103 Å². The van der Waals surface area contributed by atoms with E-state index in [-0.39, 0.29) is 72.0 Å². The predicted octanol–water partition coefficient (Wildman–Crippen LogP) is 3.94. The van der Waals surface area contributed by atoms with Gasteiger partial charge in [-0.05, 0) is 39.0 Å². The summed E-state index contributed by atoms with van der Waals surface area (Å²) in [5, 5.41) is 29.2. The summed E-state index contributed by atoms with van der Waals surface area (Å²) in [6.45, 7) is 5.44. The van der Waals surface area contributed by atoms with Crippen LogP contribution in [0.3, 0.4) is 0 Å². The summed E-state index contributed by atoms with van der Waals surface area (Å²) < 4.78 is 6.52. The van der Waals surface area contributed by atoms with Crippen molar-refractivity contribution in [2.75, 3.05) is 12.3 Å². The summed E-state index contributed by atoms with van der Waals surface area (Å²) in [6, 6.07) is -1.91. The molecule has 1 aliphatic carbocycles. The van der Waals surface area contributed by atoms with Gasteiger partial charge in [0.2, 0.25) is 40.6 Å². The van der Waals surface area contributed by atoms with Crippen molar-refractivity contribution < 1.29 is 48.2 Å². The molecule has 19 nitrogen and oxygen atoms in total. The van der Waals surface area contributed by atoms with Gasteiger partial charge in [-0.3, -0.25) is 38.4 Å². The summed E-state index contributed by atoms with van der Waals surface area (Å²) in [6.07, 6.45) is 11.7. The maximum Gasteiger partial charge on any atom is 0.260 e. The molecule has 368 valence electrons. The average Bonchev–Trinajstić information content (AvgIpc) is 3.55. The van der Waals surface area contributed by atoms with Gasteiger partial charge >= 0.3 is 0 Å². The smallest absolute Gasteiger partial charge is 0.260 e. The predicted molar refractivity (Wildman–Crippen MR) is 254 cm³/mol. The Balaban J connectivity index is 1.32. The first-order valence-corrected chi connectivity index (χ1v) is 26.0. The van der Waals surface area contributed by atoms with Crippen molar-refractivity contribution in [3.05, 3.63) is 32.2 Å².